The van der Waals surface area contributed by atoms with E-state index in [1.165, 1.54) is 0 Å². The Labute approximate surface area is 157 Å². The largest absolute Gasteiger partial charge is 0.361 e. The summed E-state index contributed by atoms with van der Waals surface area (Å²) < 4.78 is 6.82. The van der Waals surface area contributed by atoms with Crippen molar-refractivity contribution >= 4 is 16.9 Å². The molecule has 0 fully saturated rings. The van der Waals surface area contributed by atoms with E-state index < -0.39 is 0 Å². The molecule has 0 aliphatic heterocycles. The summed E-state index contributed by atoms with van der Waals surface area (Å²) in [5.74, 6) is 0.689. The van der Waals surface area contributed by atoms with Crippen molar-refractivity contribution in [1.29, 1.82) is 0 Å². The predicted molar refractivity (Wildman–Crippen MR) is 102 cm³/mol. The molecule has 0 bridgehead atoms. The molecule has 1 amide bonds. The number of aromatic nitrogens is 4. The maximum Gasteiger partial charge on any atom is 0.253 e. The molecule has 0 unspecified atom stereocenters. The highest BCUT2D eigenvalue weighted by atomic mass is 16.5. The van der Waals surface area contributed by atoms with Crippen LogP contribution in [0.1, 0.15) is 40.3 Å². The number of nitrogens with one attached hydrogen (secondary N) is 1. The fraction of sp³-hybridized carbons (Fsp3) is 0.474. The highest BCUT2D eigenvalue weighted by molar-refractivity contribution is 5.83. The third-order valence-electron chi connectivity index (χ3n) is 5.15. The lowest BCUT2D eigenvalue weighted by molar-refractivity contribution is -0.130. The molecule has 8 heteroatoms. The summed E-state index contributed by atoms with van der Waals surface area (Å²) in [6, 6.07) is 0. The van der Waals surface area contributed by atoms with Crippen molar-refractivity contribution in [1.82, 2.24) is 24.8 Å². The van der Waals surface area contributed by atoms with E-state index in [-0.39, 0.29) is 17.9 Å². The summed E-state index contributed by atoms with van der Waals surface area (Å²) in [5, 5.41) is 9.24. The average Bonchev–Trinajstić information content (AvgIpc) is 3.07. The zero-order valence-corrected chi connectivity index (χ0v) is 16.6. The van der Waals surface area contributed by atoms with Crippen LogP contribution in [0.25, 0.3) is 11.0 Å². The third kappa shape index (κ3) is 3.39. The highest BCUT2D eigenvalue weighted by Crippen LogP contribution is 2.21. The van der Waals surface area contributed by atoms with E-state index in [0.717, 1.165) is 33.7 Å². The normalized spacial score (nSPS) is 11.3. The lowest BCUT2D eigenvalue weighted by atomic mass is 10.0. The number of hydrogen-bond acceptors (Lipinski definition) is 5. The second-order valence-electron chi connectivity index (χ2n) is 7.04. The molecule has 3 aromatic heterocycles. The fourth-order valence-electron chi connectivity index (χ4n) is 3.53. The molecule has 0 radical (unpaired) electrons. The van der Waals surface area contributed by atoms with Crippen molar-refractivity contribution < 1.29 is 9.32 Å². The third-order valence-corrected chi connectivity index (χ3v) is 5.15. The topological polar surface area (TPSA) is 97.0 Å². The van der Waals surface area contributed by atoms with Crippen molar-refractivity contribution in [2.45, 2.75) is 47.1 Å². The smallest absolute Gasteiger partial charge is 0.253 e. The van der Waals surface area contributed by atoms with Gasteiger partial charge in [-0.15, -0.1) is 0 Å². The van der Waals surface area contributed by atoms with Gasteiger partial charge in [0.25, 0.3) is 5.56 Å². The van der Waals surface area contributed by atoms with Crippen LogP contribution in [0.3, 0.4) is 0 Å². The Balaban J connectivity index is 1.77. The van der Waals surface area contributed by atoms with E-state index in [1.807, 2.05) is 27.7 Å². The number of carbonyl (C=O) groups excluding carboxylic acids is 1. The Kier molecular flexibility index (Phi) is 4.91. The maximum absolute atomic E-state index is 12.6. The molecule has 27 heavy (non-hydrogen) atoms. The lowest BCUT2D eigenvalue weighted by Gasteiger charge is -2.17. The van der Waals surface area contributed by atoms with Crippen LogP contribution in [0, 0.1) is 27.7 Å². The summed E-state index contributed by atoms with van der Waals surface area (Å²) in [6.45, 7) is 7.97. The summed E-state index contributed by atoms with van der Waals surface area (Å²) >= 11 is 0. The molecule has 0 saturated heterocycles. The van der Waals surface area contributed by atoms with Crippen LogP contribution >= 0.6 is 0 Å². The quantitative estimate of drug-likeness (QED) is 0.740. The van der Waals surface area contributed by atoms with Gasteiger partial charge in [0.15, 0.2) is 0 Å². The van der Waals surface area contributed by atoms with E-state index >= 15 is 0 Å². The second kappa shape index (κ2) is 7.02. The maximum atomic E-state index is 12.6. The Morgan fingerprint density at radius 1 is 1.19 bits per heavy atom. The van der Waals surface area contributed by atoms with Gasteiger partial charge in [-0.3, -0.25) is 14.3 Å². The molecule has 0 atom stereocenters. The van der Waals surface area contributed by atoms with Crippen LogP contribution in [0.15, 0.2) is 9.32 Å². The summed E-state index contributed by atoms with van der Waals surface area (Å²) in [7, 11) is 3.55. The van der Waals surface area contributed by atoms with E-state index in [2.05, 4.69) is 15.2 Å². The van der Waals surface area contributed by atoms with Crippen molar-refractivity contribution in [3.63, 3.8) is 0 Å². The lowest BCUT2D eigenvalue weighted by Crippen LogP contribution is -2.28. The monoisotopic (exact) mass is 371 g/mol. The molecule has 3 rings (SSSR count). The predicted octanol–water partition coefficient (Wildman–Crippen LogP) is 2.07. The number of aryl methyl sites for hydroxylation is 5. The first-order valence-electron chi connectivity index (χ1n) is 8.91. The number of nitrogens with zero attached hydrogens (tertiary/aromatic N) is 4. The van der Waals surface area contributed by atoms with E-state index in [1.54, 1.807) is 23.7 Å². The number of hydrogen-bond donors (Lipinski definition) is 1. The number of H-pyrrole nitrogens is 1. The zero-order chi connectivity index (χ0) is 19.9. The van der Waals surface area contributed by atoms with Gasteiger partial charge in [0.2, 0.25) is 5.91 Å². The minimum atomic E-state index is -0.163. The van der Waals surface area contributed by atoms with Gasteiger partial charge < -0.3 is 14.4 Å². The van der Waals surface area contributed by atoms with Gasteiger partial charge in [0.05, 0.1) is 17.9 Å². The van der Waals surface area contributed by atoms with Gasteiger partial charge >= 0.3 is 0 Å². The molecule has 0 aliphatic carbocycles. The summed E-state index contributed by atoms with van der Waals surface area (Å²) in [4.78, 5) is 29.6. The number of fused-ring (bicyclic) bond motifs is 1. The minimum absolute atomic E-state index is 0.0307. The molecule has 0 aliphatic rings. The van der Waals surface area contributed by atoms with Crippen LogP contribution in [0.2, 0.25) is 0 Å². The number of rotatable bonds is 5. The molecule has 3 heterocycles. The zero-order valence-electron chi connectivity index (χ0n) is 16.6. The van der Waals surface area contributed by atoms with Crippen molar-refractivity contribution in [3.05, 3.63) is 44.2 Å². The molecular weight excluding hydrogens is 346 g/mol. The van der Waals surface area contributed by atoms with Gasteiger partial charge in [-0.1, -0.05) is 5.16 Å². The van der Waals surface area contributed by atoms with Crippen LogP contribution < -0.4 is 5.56 Å². The number of amides is 1. The Bertz CT molecular complexity index is 1050. The molecule has 0 aromatic carbocycles. The van der Waals surface area contributed by atoms with Gasteiger partial charge in [-0.25, -0.2) is 0 Å². The van der Waals surface area contributed by atoms with E-state index in [4.69, 9.17) is 4.52 Å². The molecule has 0 saturated carbocycles. The van der Waals surface area contributed by atoms with Crippen LogP contribution in [0.5, 0.6) is 0 Å². The standard InChI is InChI=1S/C19H25N5O3/c1-10-14(19(26)20-18-17(10)12(3)21-24(18)6)7-8-16(25)23(5)9-15-11(2)22-27-13(15)4/h7-9H2,1-6H3,(H,20,26). The first-order valence-corrected chi connectivity index (χ1v) is 8.91. The Hall–Kier alpha value is -2.90. The van der Waals surface area contributed by atoms with Gasteiger partial charge in [-0.05, 0) is 39.7 Å². The van der Waals surface area contributed by atoms with E-state index in [9.17, 15) is 9.59 Å². The van der Waals surface area contributed by atoms with Crippen molar-refractivity contribution in [2.75, 3.05) is 7.05 Å². The van der Waals surface area contributed by atoms with E-state index in [0.29, 0.717) is 24.2 Å². The first kappa shape index (κ1) is 18.9. The Morgan fingerprint density at radius 2 is 1.89 bits per heavy atom. The average molecular weight is 371 g/mol. The fourth-order valence-corrected chi connectivity index (χ4v) is 3.53. The Morgan fingerprint density at radius 3 is 2.52 bits per heavy atom. The van der Waals surface area contributed by atoms with Gasteiger partial charge in [0, 0.05) is 37.0 Å². The first-order chi connectivity index (χ1) is 12.7. The highest BCUT2D eigenvalue weighted by Gasteiger charge is 2.18. The van der Waals surface area contributed by atoms with Gasteiger partial charge in [0.1, 0.15) is 11.4 Å². The molecular formula is C19H25N5O3. The SMILES string of the molecule is Cc1noc(C)c1CN(C)C(=O)CCc1c(C)c2c(C)nn(C)c2[nH]c1=O. The molecule has 8 nitrogen and oxygen atoms in total. The number of pyridine rings is 1. The summed E-state index contributed by atoms with van der Waals surface area (Å²) in [5.41, 5.74) is 4.65. The van der Waals surface area contributed by atoms with Gasteiger partial charge in [-0.2, -0.15) is 5.10 Å². The molecule has 3 aromatic rings. The number of aromatic amines is 1. The minimum Gasteiger partial charge on any atom is -0.361 e. The van der Waals surface area contributed by atoms with Crippen LogP contribution in [-0.2, 0) is 24.8 Å². The van der Waals surface area contributed by atoms with Crippen molar-refractivity contribution in [3.8, 4) is 0 Å². The van der Waals surface area contributed by atoms with Crippen LogP contribution in [0.4, 0.5) is 0 Å². The molecule has 0 spiro atoms. The molecule has 144 valence electrons. The second-order valence-corrected chi connectivity index (χ2v) is 7.04. The number of carbonyl (C=O) groups is 1. The van der Waals surface area contributed by atoms with Crippen molar-refractivity contribution in [2.24, 2.45) is 7.05 Å². The van der Waals surface area contributed by atoms with Crippen LogP contribution in [-0.4, -0.2) is 37.8 Å². The molecule has 1 N–H and O–H groups in total. The summed E-state index contributed by atoms with van der Waals surface area (Å²) in [6.07, 6.45) is 0.644.